The minimum Gasteiger partial charge on any atom is -0.326 e. The lowest BCUT2D eigenvalue weighted by Crippen LogP contribution is -2.21. The first-order valence-electron chi connectivity index (χ1n) is 3.78. The van der Waals surface area contributed by atoms with Gasteiger partial charge in [0.25, 0.3) is 0 Å². The minimum absolute atomic E-state index is 0.0629. The molecule has 0 saturated heterocycles. The fraction of sp³-hybridized carbons (Fsp3) is 0.625. The Bertz CT molecular complexity index is 232. The molecule has 0 radical (unpaired) electrons. The van der Waals surface area contributed by atoms with Gasteiger partial charge >= 0.3 is 0 Å². The van der Waals surface area contributed by atoms with Gasteiger partial charge in [-0.25, -0.2) is 0 Å². The smallest absolute Gasteiger partial charge is 0.0543 e. The summed E-state index contributed by atoms with van der Waals surface area (Å²) in [7, 11) is 0. The van der Waals surface area contributed by atoms with E-state index in [4.69, 9.17) is 5.73 Å². The van der Waals surface area contributed by atoms with Crippen molar-refractivity contribution in [2.75, 3.05) is 0 Å². The molecule has 0 amide bonds. The van der Waals surface area contributed by atoms with Crippen molar-refractivity contribution in [2.24, 2.45) is 5.73 Å². The van der Waals surface area contributed by atoms with E-state index in [0.29, 0.717) is 6.54 Å². The monoisotopic (exact) mass is 153 g/mol. The van der Waals surface area contributed by atoms with E-state index in [1.165, 1.54) is 0 Å². The third kappa shape index (κ3) is 1.80. The van der Waals surface area contributed by atoms with E-state index in [1.54, 1.807) is 0 Å². The molecule has 0 aromatic carbocycles. The fourth-order valence-corrected chi connectivity index (χ4v) is 0.832. The van der Waals surface area contributed by atoms with Crippen LogP contribution < -0.4 is 5.73 Å². The average molecular weight is 153 g/mol. The maximum atomic E-state index is 5.45. The molecular weight excluding hydrogens is 138 g/mol. The second-order valence-corrected chi connectivity index (χ2v) is 3.67. The second-order valence-electron chi connectivity index (χ2n) is 3.67. The zero-order valence-corrected chi connectivity index (χ0v) is 7.33. The summed E-state index contributed by atoms with van der Waals surface area (Å²) in [5.74, 6) is 0. The molecule has 1 aromatic rings. The van der Waals surface area contributed by atoms with Crippen molar-refractivity contribution in [3.63, 3.8) is 0 Å². The van der Waals surface area contributed by atoms with Gasteiger partial charge in [-0.1, -0.05) is 0 Å². The molecule has 1 rings (SSSR count). The maximum absolute atomic E-state index is 5.45. The molecule has 1 heterocycles. The van der Waals surface area contributed by atoms with Gasteiger partial charge in [0.1, 0.15) is 0 Å². The van der Waals surface area contributed by atoms with Crippen LogP contribution in [0.25, 0.3) is 0 Å². The fourth-order valence-electron chi connectivity index (χ4n) is 0.832. The van der Waals surface area contributed by atoms with Crippen LogP contribution in [-0.2, 0) is 12.1 Å². The molecule has 3 heteroatoms. The van der Waals surface area contributed by atoms with Crippen LogP contribution in [0.4, 0.5) is 0 Å². The topological polar surface area (TPSA) is 43.8 Å². The van der Waals surface area contributed by atoms with Gasteiger partial charge in [-0.05, 0) is 20.8 Å². The molecule has 0 bridgehead atoms. The highest BCUT2D eigenvalue weighted by Crippen LogP contribution is 2.12. The summed E-state index contributed by atoms with van der Waals surface area (Å²) in [5, 5.41) is 4.19. The zero-order chi connectivity index (χ0) is 8.48. The SMILES string of the molecule is CC(C)(C)n1cc(CN)cn1. The summed E-state index contributed by atoms with van der Waals surface area (Å²) in [5.41, 5.74) is 6.60. The quantitative estimate of drug-likeness (QED) is 0.656. The van der Waals surface area contributed by atoms with Gasteiger partial charge in [-0.15, -0.1) is 0 Å². The van der Waals surface area contributed by atoms with Crippen LogP contribution >= 0.6 is 0 Å². The van der Waals surface area contributed by atoms with Gasteiger partial charge in [0.05, 0.1) is 11.7 Å². The lowest BCUT2D eigenvalue weighted by Gasteiger charge is -2.18. The van der Waals surface area contributed by atoms with E-state index in [0.717, 1.165) is 5.56 Å². The molecule has 11 heavy (non-hydrogen) atoms. The molecule has 0 aliphatic rings. The largest absolute Gasteiger partial charge is 0.326 e. The summed E-state index contributed by atoms with van der Waals surface area (Å²) in [6.45, 7) is 6.90. The molecule has 0 aliphatic heterocycles. The second kappa shape index (κ2) is 2.66. The summed E-state index contributed by atoms with van der Waals surface area (Å²) in [6, 6.07) is 0. The molecule has 1 aromatic heterocycles. The van der Waals surface area contributed by atoms with E-state index >= 15 is 0 Å². The predicted octanol–water partition coefficient (Wildman–Crippen LogP) is 1.10. The number of nitrogens with two attached hydrogens (primary N) is 1. The summed E-state index contributed by atoms with van der Waals surface area (Å²) < 4.78 is 1.93. The number of hydrogen-bond donors (Lipinski definition) is 1. The van der Waals surface area contributed by atoms with E-state index in [1.807, 2.05) is 17.1 Å². The van der Waals surface area contributed by atoms with Crippen molar-refractivity contribution < 1.29 is 0 Å². The third-order valence-corrected chi connectivity index (χ3v) is 1.56. The molecule has 62 valence electrons. The van der Waals surface area contributed by atoms with E-state index in [-0.39, 0.29) is 5.54 Å². The van der Waals surface area contributed by atoms with Gasteiger partial charge in [0.2, 0.25) is 0 Å². The predicted molar refractivity (Wildman–Crippen MR) is 45.1 cm³/mol. The Morgan fingerprint density at radius 2 is 2.18 bits per heavy atom. The Labute approximate surface area is 67.2 Å². The van der Waals surface area contributed by atoms with Crippen LogP contribution in [0.15, 0.2) is 12.4 Å². The number of nitrogens with zero attached hydrogens (tertiary/aromatic N) is 2. The van der Waals surface area contributed by atoms with Crippen LogP contribution in [0.3, 0.4) is 0 Å². The van der Waals surface area contributed by atoms with Crippen LogP contribution in [0.5, 0.6) is 0 Å². The first kappa shape index (κ1) is 8.27. The standard InChI is InChI=1S/C8H15N3/c1-8(2,3)11-6-7(4-9)5-10-11/h5-6H,4,9H2,1-3H3. The van der Waals surface area contributed by atoms with E-state index in [9.17, 15) is 0 Å². The van der Waals surface area contributed by atoms with Crippen molar-refractivity contribution in [1.82, 2.24) is 9.78 Å². The highest BCUT2D eigenvalue weighted by Gasteiger charge is 2.12. The Kier molecular flexibility index (Phi) is 2.00. The highest BCUT2D eigenvalue weighted by molar-refractivity contribution is 5.03. The van der Waals surface area contributed by atoms with E-state index < -0.39 is 0 Å². The summed E-state index contributed by atoms with van der Waals surface area (Å²) >= 11 is 0. The number of hydrogen-bond acceptors (Lipinski definition) is 2. The Hall–Kier alpha value is -0.830. The Balaban J connectivity index is 2.89. The van der Waals surface area contributed by atoms with Gasteiger partial charge < -0.3 is 5.73 Å². The Morgan fingerprint density at radius 1 is 1.55 bits per heavy atom. The van der Waals surface area contributed by atoms with Crippen molar-refractivity contribution in [2.45, 2.75) is 32.9 Å². The van der Waals surface area contributed by atoms with Gasteiger partial charge in [-0.2, -0.15) is 5.10 Å². The van der Waals surface area contributed by atoms with Crippen molar-refractivity contribution >= 4 is 0 Å². The summed E-state index contributed by atoms with van der Waals surface area (Å²) in [4.78, 5) is 0. The van der Waals surface area contributed by atoms with Gasteiger partial charge in [0, 0.05) is 18.3 Å². The van der Waals surface area contributed by atoms with E-state index in [2.05, 4.69) is 25.9 Å². The van der Waals surface area contributed by atoms with Crippen LogP contribution in [0.2, 0.25) is 0 Å². The molecular formula is C8H15N3. The number of rotatable bonds is 1. The molecule has 0 unspecified atom stereocenters. The molecule has 3 nitrogen and oxygen atoms in total. The third-order valence-electron chi connectivity index (χ3n) is 1.56. The molecule has 2 N–H and O–H groups in total. The zero-order valence-electron chi connectivity index (χ0n) is 7.33. The molecule has 0 atom stereocenters. The first-order valence-corrected chi connectivity index (χ1v) is 3.78. The molecule has 0 spiro atoms. The van der Waals surface area contributed by atoms with Gasteiger partial charge in [0.15, 0.2) is 0 Å². The average Bonchev–Trinajstić information content (AvgIpc) is 2.32. The van der Waals surface area contributed by atoms with Crippen LogP contribution in [0, 0.1) is 0 Å². The van der Waals surface area contributed by atoms with Crippen molar-refractivity contribution in [3.05, 3.63) is 18.0 Å². The molecule has 0 fully saturated rings. The van der Waals surface area contributed by atoms with Crippen LogP contribution in [0.1, 0.15) is 26.3 Å². The van der Waals surface area contributed by atoms with Crippen molar-refractivity contribution in [3.8, 4) is 0 Å². The number of aromatic nitrogens is 2. The van der Waals surface area contributed by atoms with Crippen molar-refractivity contribution in [1.29, 1.82) is 0 Å². The Morgan fingerprint density at radius 3 is 2.45 bits per heavy atom. The maximum Gasteiger partial charge on any atom is 0.0543 e. The lowest BCUT2D eigenvalue weighted by molar-refractivity contribution is 0.355. The van der Waals surface area contributed by atoms with Gasteiger partial charge in [-0.3, -0.25) is 4.68 Å². The molecule has 0 saturated carbocycles. The molecule has 0 aliphatic carbocycles. The normalized spacial score (nSPS) is 12.0. The summed E-state index contributed by atoms with van der Waals surface area (Å²) in [6.07, 6.45) is 3.80. The minimum atomic E-state index is 0.0629. The van der Waals surface area contributed by atoms with Crippen LogP contribution in [-0.4, -0.2) is 9.78 Å². The highest BCUT2D eigenvalue weighted by atomic mass is 15.3. The lowest BCUT2D eigenvalue weighted by atomic mass is 10.1. The first-order chi connectivity index (χ1) is 5.04.